The number of fused-ring (bicyclic) bond motifs is 5. The normalized spacial score (nSPS) is 53.0. The molecule has 27 heavy (non-hydrogen) atoms. The van der Waals surface area contributed by atoms with Crippen molar-refractivity contribution < 1.29 is 19.7 Å². The van der Waals surface area contributed by atoms with Crippen LogP contribution >= 0.6 is 0 Å². The lowest BCUT2D eigenvalue weighted by atomic mass is 9.43. The minimum atomic E-state index is -0.627. The van der Waals surface area contributed by atoms with Crippen LogP contribution in [-0.4, -0.2) is 34.0 Å². The molecule has 4 fully saturated rings. The lowest BCUT2D eigenvalue weighted by Gasteiger charge is -2.63. The first-order valence-corrected chi connectivity index (χ1v) is 11.2. The van der Waals surface area contributed by atoms with Crippen molar-refractivity contribution in [3.05, 3.63) is 0 Å². The molecule has 4 aliphatic carbocycles. The number of esters is 1. The summed E-state index contributed by atoms with van der Waals surface area (Å²) in [5, 5.41) is 22.3. The van der Waals surface area contributed by atoms with Gasteiger partial charge in [0, 0.05) is 12.3 Å². The molecule has 4 saturated carbocycles. The number of carbonyl (C=O) groups excluding carboxylic acids is 1. The Bertz CT molecular complexity index is 603. The number of ether oxygens (including phenoxy) is 1. The van der Waals surface area contributed by atoms with Gasteiger partial charge < -0.3 is 14.9 Å². The minimum absolute atomic E-state index is 0.0835. The van der Waals surface area contributed by atoms with Crippen LogP contribution in [0.2, 0.25) is 0 Å². The number of aliphatic hydroxyl groups is 2. The molecule has 0 amide bonds. The molecule has 2 N–H and O–H groups in total. The SMILES string of the molecule is CC(=O)O[C@H]1CC[C@@]2(C)[C@H](CC[C@@H]3[C@@H]2CC[C@]2(C)[C@@H]([C@@H](C)O)CC[C@]32O)C1. The minimum Gasteiger partial charge on any atom is -0.463 e. The second-order valence-corrected chi connectivity index (χ2v) is 10.8. The second kappa shape index (κ2) is 6.45. The third-order valence-electron chi connectivity index (χ3n) is 9.79. The van der Waals surface area contributed by atoms with Gasteiger partial charge in [-0.1, -0.05) is 13.8 Å². The Labute approximate surface area is 164 Å². The van der Waals surface area contributed by atoms with Gasteiger partial charge in [-0.3, -0.25) is 4.79 Å². The van der Waals surface area contributed by atoms with Crippen LogP contribution in [0.4, 0.5) is 0 Å². The number of aliphatic hydroxyl groups excluding tert-OH is 1. The highest BCUT2D eigenvalue weighted by atomic mass is 16.5. The maximum Gasteiger partial charge on any atom is 0.302 e. The second-order valence-electron chi connectivity index (χ2n) is 10.8. The average molecular weight is 379 g/mol. The van der Waals surface area contributed by atoms with E-state index in [-0.39, 0.29) is 34.9 Å². The molecule has 4 aliphatic rings. The van der Waals surface area contributed by atoms with Gasteiger partial charge in [-0.05, 0) is 93.8 Å². The van der Waals surface area contributed by atoms with E-state index in [1.807, 2.05) is 6.92 Å². The van der Waals surface area contributed by atoms with E-state index in [2.05, 4.69) is 13.8 Å². The van der Waals surface area contributed by atoms with E-state index < -0.39 is 5.60 Å². The van der Waals surface area contributed by atoms with E-state index in [9.17, 15) is 15.0 Å². The van der Waals surface area contributed by atoms with E-state index in [1.54, 1.807) is 0 Å². The molecule has 0 aromatic carbocycles. The van der Waals surface area contributed by atoms with Crippen molar-refractivity contribution in [2.45, 2.75) is 103 Å². The molecule has 0 radical (unpaired) electrons. The Hall–Kier alpha value is -0.610. The van der Waals surface area contributed by atoms with E-state index in [4.69, 9.17) is 4.74 Å². The molecule has 0 heterocycles. The first-order valence-electron chi connectivity index (χ1n) is 11.2. The molecule has 0 bridgehead atoms. The molecule has 0 saturated heterocycles. The first-order chi connectivity index (χ1) is 12.6. The fraction of sp³-hybridized carbons (Fsp3) is 0.957. The van der Waals surface area contributed by atoms with E-state index in [1.165, 1.54) is 6.92 Å². The molecule has 9 atom stereocenters. The predicted molar refractivity (Wildman–Crippen MR) is 104 cm³/mol. The van der Waals surface area contributed by atoms with Crippen molar-refractivity contribution in [1.29, 1.82) is 0 Å². The van der Waals surface area contributed by atoms with Gasteiger partial charge in [0.2, 0.25) is 0 Å². The Morgan fingerprint density at radius 1 is 1.04 bits per heavy atom. The van der Waals surface area contributed by atoms with Crippen LogP contribution in [0.5, 0.6) is 0 Å². The largest absolute Gasteiger partial charge is 0.463 e. The summed E-state index contributed by atoms with van der Waals surface area (Å²) in [6.45, 7) is 8.12. The zero-order valence-corrected chi connectivity index (χ0v) is 17.5. The molecule has 4 heteroatoms. The number of carbonyl (C=O) groups is 1. The van der Waals surface area contributed by atoms with Crippen LogP contribution in [0.1, 0.15) is 85.5 Å². The van der Waals surface area contributed by atoms with E-state index in [0.717, 1.165) is 57.8 Å². The highest BCUT2D eigenvalue weighted by Crippen LogP contribution is 2.69. The standard InChI is InChI=1S/C23H38O4/c1-14(24)18-9-12-23(26)20-6-5-16-13-17(27-15(2)25)7-10-21(16,3)19(20)8-11-22(18,23)4/h14,16-20,24,26H,5-13H2,1-4H3/t14-,16-,17+,18-,19+,20-,21+,22-,23+/m1/s1. The lowest BCUT2D eigenvalue weighted by molar-refractivity contribution is -0.216. The molecular formula is C23H38O4. The maximum atomic E-state index is 12.0. The number of hydrogen-bond acceptors (Lipinski definition) is 4. The summed E-state index contributed by atoms with van der Waals surface area (Å²) in [7, 11) is 0. The molecule has 0 aromatic rings. The number of rotatable bonds is 2. The summed E-state index contributed by atoms with van der Waals surface area (Å²) >= 11 is 0. The van der Waals surface area contributed by atoms with Gasteiger partial charge in [0.05, 0.1) is 11.7 Å². The van der Waals surface area contributed by atoms with Gasteiger partial charge >= 0.3 is 5.97 Å². The zero-order valence-electron chi connectivity index (χ0n) is 17.5. The van der Waals surface area contributed by atoms with Crippen molar-refractivity contribution in [2.75, 3.05) is 0 Å². The Morgan fingerprint density at radius 3 is 2.44 bits per heavy atom. The van der Waals surface area contributed by atoms with Gasteiger partial charge in [-0.15, -0.1) is 0 Å². The molecular weight excluding hydrogens is 340 g/mol. The van der Waals surface area contributed by atoms with Gasteiger partial charge in [-0.2, -0.15) is 0 Å². The van der Waals surface area contributed by atoms with Crippen molar-refractivity contribution in [2.24, 2.45) is 34.5 Å². The van der Waals surface area contributed by atoms with E-state index in [0.29, 0.717) is 17.8 Å². The van der Waals surface area contributed by atoms with Crippen LogP contribution in [0.15, 0.2) is 0 Å². The molecule has 4 nitrogen and oxygen atoms in total. The van der Waals surface area contributed by atoms with Crippen LogP contribution in [0.25, 0.3) is 0 Å². The lowest BCUT2D eigenvalue weighted by Crippen LogP contribution is -2.62. The topological polar surface area (TPSA) is 66.8 Å². The highest BCUT2D eigenvalue weighted by Gasteiger charge is 2.67. The average Bonchev–Trinajstić information content (AvgIpc) is 2.86. The maximum absolute atomic E-state index is 12.0. The van der Waals surface area contributed by atoms with Crippen molar-refractivity contribution in [3.8, 4) is 0 Å². The highest BCUT2D eigenvalue weighted by molar-refractivity contribution is 5.66. The predicted octanol–water partition coefficient (Wildman–Crippen LogP) is 4.07. The number of hydrogen-bond donors (Lipinski definition) is 2. The Kier molecular flexibility index (Phi) is 4.71. The third-order valence-corrected chi connectivity index (χ3v) is 9.79. The summed E-state index contributed by atoms with van der Waals surface area (Å²) in [6, 6.07) is 0. The molecule has 0 unspecified atom stereocenters. The van der Waals surface area contributed by atoms with Crippen molar-refractivity contribution in [1.82, 2.24) is 0 Å². The Morgan fingerprint density at radius 2 is 1.78 bits per heavy atom. The summed E-state index contributed by atoms with van der Waals surface area (Å²) in [4.78, 5) is 11.4. The van der Waals surface area contributed by atoms with Gasteiger partial charge in [0.1, 0.15) is 6.10 Å². The van der Waals surface area contributed by atoms with Crippen LogP contribution in [0, 0.1) is 34.5 Å². The summed E-state index contributed by atoms with van der Waals surface area (Å²) in [5.74, 6) is 1.56. The quantitative estimate of drug-likeness (QED) is 0.711. The van der Waals surface area contributed by atoms with Crippen LogP contribution < -0.4 is 0 Å². The molecule has 4 rings (SSSR count). The van der Waals surface area contributed by atoms with Gasteiger partial charge in [-0.25, -0.2) is 0 Å². The molecule has 0 aromatic heterocycles. The molecule has 154 valence electrons. The monoisotopic (exact) mass is 378 g/mol. The Balaban J connectivity index is 1.58. The third kappa shape index (κ3) is 2.73. The zero-order chi connectivity index (χ0) is 19.6. The first kappa shape index (κ1) is 19.7. The van der Waals surface area contributed by atoms with Crippen LogP contribution in [-0.2, 0) is 9.53 Å². The fourth-order valence-corrected chi connectivity index (χ4v) is 8.34. The molecule has 0 aliphatic heterocycles. The molecule has 0 spiro atoms. The van der Waals surface area contributed by atoms with Gasteiger partial charge in [0.15, 0.2) is 0 Å². The van der Waals surface area contributed by atoms with Crippen molar-refractivity contribution in [3.63, 3.8) is 0 Å². The van der Waals surface area contributed by atoms with Gasteiger partial charge in [0.25, 0.3) is 0 Å². The van der Waals surface area contributed by atoms with Crippen molar-refractivity contribution >= 4 is 5.97 Å². The summed E-state index contributed by atoms with van der Waals surface area (Å²) in [6.07, 6.45) is 8.99. The summed E-state index contributed by atoms with van der Waals surface area (Å²) < 4.78 is 5.55. The fourth-order valence-electron chi connectivity index (χ4n) is 8.34. The van der Waals surface area contributed by atoms with Crippen LogP contribution in [0.3, 0.4) is 0 Å². The van der Waals surface area contributed by atoms with E-state index >= 15 is 0 Å². The summed E-state index contributed by atoms with van der Waals surface area (Å²) in [5.41, 5.74) is -0.529. The smallest absolute Gasteiger partial charge is 0.302 e.